The first-order valence-electron chi connectivity index (χ1n) is 10.1. The third-order valence-electron chi connectivity index (χ3n) is 6.40. The van der Waals surface area contributed by atoms with Gasteiger partial charge in [0.2, 0.25) is 0 Å². The molecule has 27 heavy (non-hydrogen) atoms. The molecular formula is C22H32O5. The summed E-state index contributed by atoms with van der Waals surface area (Å²) < 4.78 is 17.3. The van der Waals surface area contributed by atoms with Crippen molar-refractivity contribution >= 4 is 11.9 Å². The first kappa shape index (κ1) is 20.1. The summed E-state index contributed by atoms with van der Waals surface area (Å²) in [6.07, 6.45) is 7.08. The van der Waals surface area contributed by atoms with Crippen molar-refractivity contribution in [2.75, 3.05) is 0 Å². The zero-order valence-electron chi connectivity index (χ0n) is 17.0. The fraction of sp³-hybridized carbons (Fsp3) is 0.727. The van der Waals surface area contributed by atoms with Crippen LogP contribution in [0.1, 0.15) is 66.2 Å². The average molecular weight is 376 g/mol. The number of hydrogen-bond acceptors (Lipinski definition) is 5. The molecule has 0 spiro atoms. The van der Waals surface area contributed by atoms with Gasteiger partial charge in [-0.25, -0.2) is 4.79 Å². The highest BCUT2D eigenvalue weighted by molar-refractivity contribution is 5.91. The van der Waals surface area contributed by atoms with Crippen LogP contribution in [0.5, 0.6) is 0 Å². The summed E-state index contributed by atoms with van der Waals surface area (Å²) >= 11 is 0. The molecule has 6 atom stereocenters. The van der Waals surface area contributed by atoms with E-state index in [1.807, 2.05) is 0 Å². The lowest BCUT2D eigenvalue weighted by Gasteiger charge is -2.31. The van der Waals surface area contributed by atoms with Crippen LogP contribution in [0, 0.1) is 11.8 Å². The molecule has 0 radical (unpaired) electrons. The number of fused-ring (bicyclic) bond motifs is 2. The van der Waals surface area contributed by atoms with Gasteiger partial charge in [-0.15, -0.1) is 0 Å². The van der Waals surface area contributed by atoms with E-state index in [-0.39, 0.29) is 35.5 Å². The van der Waals surface area contributed by atoms with Crippen molar-refractivity contribution in [3.05, 3.63) is 23.8 Å². The Morgan fingerprint density at radius 2 is 2.15 bits per heavy atom. The minimum absolute atomic E-state index is 0.0844. The van der Waals surface area contributed by atoms with Crippen LogP contribution in [0.25, 0.3) is 0 Å². The van der Waals surface area contributed by atoms with Crippen LogP contribution in [0.4, 0.5) is 0 Å². The van der Waals surface area contributed by atoms with E-state index >= 15 is 0 Å². The Morgan fingerprint density at radius 1 is 1.41 bits per heavy atom. The van der Waals surface area contributed by atoms with Crippen LogP contribution >= 0.6 is 0 Å². The summed E-state index contributed by atoms with van der Waals surface area (Å²) in [7, 11) is 0. The molecule has 0 N–H and O–H groups in total. The van der Waals surface area contributed by atoms with Crippen molar-refractivity contribution < 1.29 is 23.8 Å². The molecule has 0 bridgehead atoms. The number of epoxide rings is 1. The second-order valence-electron chi connectivity index (χ2n) is 8.69. The molecule has 2 saturated heterocycles. The van der Waals surface area contributed by atoms with Gasteiger partial charge in [0.1, 0.15) is 12.2 Å². The van der Waals surface area contributed by atoms with E-state index in [0.717, 1.165) is 32.1 Å². The molecule has 1 aliphatic carbocycles. The van der Waals surface area contributed by atoms with E-state index in [2.05, 4.69) is 33.4 Å². The lowest BCUT2D eigenvalue weighted by molar-refractivity contribution is -0.165. The van der Waals surface area contributed by atoms with Crippen LogP contribution in [-0.2, 0) is 23.8 Å². The Balaban J connectivity index is 1.86. The third kappa shape index (κ3) is 4.45. The van der Waals surface area contributed by atoms with Crippen LogP contribution in [-0.4, -0.2) is 35.9 Å². The summed E-state index contributed by atoms with van der Waals surface area (Å²) in [5.74, 6) is -0.791. The number of carbonyl (C=O) groups excluding carboxylic acids is 2. The van der Waals surface area contributed by atoms with E-state index in [1.165, 1.54) is 12.5 Å². The normalized spacial score (nSPS) is 42.1. The van der Waals surface area contributed by atoms with E-state index < -0.39 is 12.2 Å². The number of hydrogen-bond donors (Lipinski definition) is 0. The maximum absolute atomic E-state index is 12.3. The lowest BCUT2D eigenvalue weighted by atomic mass is 9.81. The molecule has 2 aliphatic heterocycles. The number of rotatable bonds is 1. The monoisotopic (exact) mass is 376 g/mol. The Morgan fingerprint density at radius 3 is 2.85 bits per heavy atom. The van der Waals surface area contributed by atoms with Gasteiger partial charge < -0.3 is 14.2 Å². The average Bonchev–Trinajstić information content (AvgIpc) is 3.14. The highest BCUT2D eigenvalue weighted by atomic mass is 16.6. The van der Waals surface area contributed by atoms with Gasteiger partial charge in [0.05, 0.1) is 11.7 Å². The molecule has 0 aromatic rings. The van der Waals surface area contributed by atoms with Crippen molar-refractivity contribution in [1.29, 1.82) is 0 Å². The SMILES string of the molecule is C=C1C(=O)O[C@H]2[C@@H](OC(C)=O)[C@H](C)CCC/C(C)=C/CC[C@@]3(C)O[C@H]3C[C@@H]12. The third-order valence-corrected chi connectivity index (χ3v) is 6.40. The molecular weight excluding hydrogens is 344 g/mol. The van der Waals surface area contributed by atoms with Crippen LogP contribution in [0.15, 0.2) is 23.8 Å². The predicted octanol–water partition coefficient (Wildman–Crippen LogP) is 4.11. The topological polar surface area (TPSA) is 65.1 Å². The molecule has 0 aromatic heterocycles. The highest BCUT2D eigenvalue weighted by Gasteiger charge is 2.56. The van der Waals surface area contributed by atoms with E-state index in [0.29, 0.717) is 12.0 Å². The molecule has 150 valence electrons. The van der Waals surface area contributed by atoms with Crippen molar-refractivity contribution in [2.24, 2.45) is 11.8 Å². The van der Waals surface area contributed by atoms with Crippen LogP contribution in [0.3, 0.4) is 0 Å². The van der Waals surface area contributed by atoms with Crippen molar-refractivity contribution in [3.63, 3.8) is 0 Å². The van der Waals surface area contributed by atoms with Gasteiger partial charge in [-0.3, -0.25) is 4.79 Å². The fourth-order valence-electron chi connectivity index (χ4n) is 4.52. The maximum atomic E-state index is 12.3. The van der Waals surface area contributed by atoms with Gasteiger partial charge in [0, 0.05) is 18.4 Å². The lowest BCUT2D eigenvalue weighted by Crippen LogP contribution is -2.40. The first-order valence-corrected chi connectivity index (χ1v) is 10.1. The van der Waals surface area contributed by atoms with Gasteiger partial charge in [0.15, 0.2) is 0 Å². The summed E-state index contributed by atoms with van der Waals surface area (Å²) in [6, 6.07) is 0. The quantitative estimate of drug-likeness (QED) is 0.298. The van der Waals surface area contributed by atoms with E-state index in [9.17, 15) is 9.59 Å². The molecule has 2 fully saturated rings. The van der Waals surface area contributed by atoms with Gasteiger partial charge in [-0.1, -0.05) is 25.2 Å². The Hall–Kier alpha value is -1.62. The second-order valence-corrected chi connectivity index (χ2v) is 8.69. The van der Waals surface area contributed by atoms with Crippen molar-refractivity contribution in [2.45, 2.75) is 90.1 Å². The number of allylic oxidation sites excluding steroid dienone is 2. The summed E-state index contributed by atoms with van der Waals surface area (Å²) in [5.41, 5.74) is 1.72. The highest BCUT2D eigenvalue weighted by Crippen LogP contribution is 2.48. The molecule has 0 unspecified atom stereocenters. The van der Waals surface area contributed by atoms with Crippen molar-refractivity contribution in [3.8, 4) is 0 Å². The second kappa shape index (κ2) is 7.78. The maximum Gasteiger partial charge on any atom is 0.334 e. The predicted molar refractivity (Wildman–Crippen MR) is 102 cm³/mol. The molecule has 5 nitrogen and oxygen atoms in total. The standard InChI is InChI=1S/C22H32O5/c1-13-8-6-10-14(2)19(25-16(4)23)20-17(15(3)21(24)26-20)12-18-22(5,27-18)11-7-9-13/h9,14,17-20H,3,6-8,10-12H2,1-2,4-5H3/b13-9+/t14-,17+,18+,19+,20-,22-/m1/s1. The van der Waals surface area contributed by atoms with Gasteiger partial charge >= 0.3 is 11.9 Å². The Bertz CT molecular complexity index is 651. The zero-order valence-corrected chi connectivity index (χ0v) is 17.0. The molecule has 2 heterocycles. The zero-order chi connectivity index (χ0) is 19.8. The van der Waals surface area contributed by atoms with E-state index in [4.69, 9.17) is 14.2 Å². The molecule has 3 aliphatic rings. The molecule has 3 rings (SSSR count). The number of ether oxygens (including phenoxy) is 3. The Labute approximate surface area is 162 Å². The minimum atomic E-state index is -0.475. The summed E-state index contributed by atoms with van der Waals surface area (Å²) in [6.45, 7) is 11.8. The summed E-state index contributed by atoms with van der Waals surface area (Å²) in [5, 5.41) is 0. The van der Waals surface area contributed by atoms with Crippen LogP contribution < -0.4 is 0 Å². The molecule has 0 aromatic carbocycles. The van der Waals surface area contributed by atoms with Gasteiger partial charge in [-0.2, -0.15) is 0 Å². The molecule has 5 heteroatoms. The Kier molecular flexibility index (Phi) is 5.80. The fourth-order valence-corrected chi connectivity index (χ4v) is 4.52. The number of carbonyl (C=O) groups is 2. The largest absolute Gasteiger partial charge is 0.458 e. The number of esters is 2. The van der Waals surface area contributed by atoms with E-state index in [1.54, 1.807) is 0 Å². The van der Waals surface area contributed by atoms with Gasteiger partial charge in [0.25, 0.3) is 0 Å². The van der Waals surface area contributed by atoms with Crippen LogP contribution in [0.2, 0.25) is 0 Å². The van der Waals surface area contributed by atoms with Crippen molar-refractivity contribution in [1.82, 2.24) is 0 Å². The smallest absolute Gasteiger partial charge is 0.334 e. The minimum Gasteiger partial charge on any atom is -0.458 e. The summed E-state index contributed by atoms with van der Waals surface area (Å²) in [4.78, 5) is 24.0. The van der Waals surface area contributed by atoms with Gasteiger partial charge in [-0.05, 0) is 58.3 Å². The molecule has 0 amide bonds. The first-order chi connectivity index (χ1) is 12.7. The molecule has 0 saturated carbocycles.